The molecule has 11 heavy (non-hydrogen) atoms. The van der Waals surface area contributed by atoms with Crippen molar-refractivity contribution in [2.45, 2.75) is 24.8 Å². The summed E-state index contributed by atoms with van der Waals surface area (Å²) in [6.07, 6.45) is 2.91. The molecule has 3 nitrogen and oxygen atoms in total. The molecule has 0 bridgehead atoms. The highest BCUT2D eigenvalue weighted by molar-refractivity contribution is 5.88. The van der Waals surface area contributed by atoms with Crippen molar-refractivity contribution in [1.82, 2.24) is 0 Å². The number of hydrogen-bond donors (Lipinski definition) is 2. The quantitative estimate of drug-likeness (QED) is 0.407. The van der Waals surface area contributed by atoms with Crippen LogP contribution in [0.25, 0.3) is 0 Å². The van der Waals surface area contributed by atoms with Crippen molar-refractivity contribution in [2.24, 2.45) is 0 Å². The average Bonchev–Trinajstić information content (AvgIpc) is 2.57. The fourth-order valence-electron chi connectivity index (χ4n) is 1.29. The Bertz CT molecular complexity index is 243. The van der Waals surface area contributed by atoms with Gasteiger partial charge in [-0.2, -0.15) is 0 Å². The molecule has 0 aliphatic heterocycles. The van der Waals surface area contributed by atoms with Gasteiger partial charge >= 0.3 is 5.97 Å². The van der Waals surface area contributed by atoms with Gasteiger partial charge in [-0.05, 0) is 12.8 Å². The van der Waals surface area contributed by atoms with Crippen LogP contribution in [-0.4, -0.2) is 16.6 Å². The minimum absolute atomic E-state index is 0. The van der Waals surface area contributed by atoms with Gasteiger partial charge in [-0.15, -0.1) is 0 Å². The van der Waals surface area contributed by atoms with Crippen LogP contribution >= 0.6 is 0 Å². The van der Waals surface area contributed by atoms with Crippen LogP contribution in [0.3, 0.4) is 0 Å². The van der Waals surface area contributed by atoms with Gasteiger partial charge in [0.25, 0.3) is 0 Å². The zero-order valence-electron chi connectivity index (χ0n) is 6.06. The van der Waals surface area contributed by atoms with E-state index in [0.717, 1.165) is 18.4 Å². The van der Waals surface area contributed by atoms with E-state index >= 15 is 0 Å². The van der Waals surface area contributed by atoms with Crippen molar-refractivity contribution < 1.29 is 28.0 Å². The van der Waals surface area contributed by atoms with Crippen LogP contribution in [0.1, 0.15) is 19.3 Å². The third-order valence-corrected chi connectivity index (χ3v) is 2.27. The number of halogens is 1. The summed E-state index contributed by atoms with van der Waals surface area (Å²) in [4.78, 5) is 10.5. The highest BCUT2D eigenvalue weighted by Crippen LogP contribution is 2.48. The molecular formula is C7H10ClNO2. The van der Waals surface area contributed by atoms with Gasteiger partial charge in [0, 0.05) is 12.0 Å². The zero-order chi connectivity index (χ0) is 7.35. The summed E-state index contributed by atoms with van der Waals surface area (Å²) in [7, 11) is 0. The Labute approximate surface area is 70.7 Å². The van der Waals surface area contributed by atoms with Crippen molar-refractivity contribution in [2.75, 3.05) is 0 Å². The average molecular weight is 176 g/mol. The van der Waals surface area contributed by atoms with E-state index in [9.17, 15) is 4.79 Å². The van der Waals surface area contributed by atoms with Gasteiger partial charge in [0.2, 0.25) is 5.54 Å². The maximum atomic E-state index is 10.5. The van der Waals surface area contributed by atoms with Crippen LogP contribution in [-0.2, 0) is 4.79 Å². The maximum absolute atomic E-state index is 10.5. The van der Waals surface area contributed by atoms with Gasteiger partial charge in [0.15, 0.2) is 0 Å². The molecule has 2 aliphatic carbocycles. The number of allylic oxidation sites excluding steroid dienone is 1. The zero-order valence-corrected chi connectivity index (χ0v) is 6.82. The molecule has 2 saturated carbocycles. The molecule has 2 aliphatic rings. The standard InChI is InChI=1S/C7H9NO2.ClH/c8-7(6(9)10)3-5(7)4-1-2-4;/h1-3,8H2,(H,9,10);1H. The van der Waals surface area contributed by atoms with Crippen molar-refractivity contribution in [3.8, 4) is 0 Å². The van der Waals surface area contributed by atoms with E-state index in [1.165, 1.54) is 5.57 Å². The Morgan fingerprint density at radius 2 is 2.09 bits per heavy atom. The third kappa shape index (κ3) is 1.14. The molecule has 0 aromatic rings. The topological polar surface area (TPSA) is 64.9 Å². The van der Waals surface area contributed by atoms with Gasteiger partial charge in [-0.1, -0.05) is 5.57 Å². The summed E-state index contributed by atoms with van der Waals surface area (Å²) in [5.41, 5.74) is 5.41. The third-order valence-electron chi connectivity index (χ3n) is 2.27. The number of carboxylic acid groups (broad SMARTS) is 1. The normalized spacial score (nSPS) is 32.8. The van der Waals surface area contributed by atoms with E-state index < -0.39 is 11.5 Å². The molecule has 0 aromatic carbocycles. The van der Waals surface area contributed by atoms with Gasteiger partial charge in [-0.3, -0.25) is 0 Å². The monoisotopic (exact) mass is 175 g/mol. The molecule has 0 radical (unpaired) electrons. The number of quaternary nitrogens is 1. The molecule has 0 saturated heterocycles. The Morgan fingerprint density at radius 1 is 1.55 bits per heavy atom. The lowest BCUT2D eigenvalue weighted by molar-refractivity contribution is -0.418. The van der Waals surface area contributed by atoms with Crippen molar-refractivity contribution in [3.63, 3.8) is 0 Å². The molecule has 2 rings (SSSR count). The van der Waals surface area contributed by atoms with E-state index in [1.807, 2.05) is 0 Å². The molecule has 0 spiro atoms. The molecule has 0 heterocycles. The number of aliphatic carboxylic acids is 1. The maximum Gasteiger partial charge on any atom is 0.370 e. The Morgan fingerprint density at radius 3 is 2.36 bits per heavy atom. The van der Waals surface area contributed by atoms with E-state index in [2.05, 4.69) is 5.73 Å². The molecule has 2 fully saturated rings. The van der Waals surface area contributed by atoms with E-state index in [1.54, 1.807) is 0 Å². The molecule has 0 aromatic heterocycles. The van der Waals surface area contributed by atoms with Crippen LogP contribution < -0.4 is 18.1 Å². The summed E-state index contributed by atoms with van der Waals surface area (Å²) < 4.78 is 0. The van der Waals surface area contributed by atoms with Crippen LogP contribution in [0.15, 0.2) is 11.1 Å². The molecule has 1 atom stereocenters. The second kappa shape index (κ2) is 2.22. The number of carboxylic acids is 1. The van der Waals surface area contributed by atoms with Gasteiger partial charge in [0.1, 0.15) is 0 Å². The number of rotatable bonds is 1. The van der Waals surface area contributed by atoms with Crippen molar-refractivity contribution in [1.29, 1.82) is 0 Å². The number of hydrogen-bond acceptors (Lipinski definition) is 1. The van der Waals surface area contributed by atoms with E-state index in [0.29, 0.717) is 6.42 Å². The van der Waals surface area contributed by atoms with Crippen molar-refractivity contribution in [3.05, 3.63) is 11.1 Å². The predicted octanol–water partition coefficient (Wildman–Crippen LogP) is -3.45. The van der Waals surface area contributed by atoms with Gasteiger partial charge in [-0.25, -0.2) is 4.79 Å². The molecule has 0 amide bonds. The van der Waals surface area contributed by atoms with E-state index in [-0.39, 0.29) is 12.4 Å². The molecule has 1 unspecified atom stereocenters. The first kappa shape index (κ1) is 8.56. The van der Waals surface area contributed by atoms with Gasteiger partial charge < -0.3 is 23.2 Å². The Kier molecular flexibility index (Phi) is 1.73. The summed E-state index contributed by atoms with van der Waals surface area (Å²) >= 11 is 0. The molecule has 62 valence electrons. The van der Waals surface area contributed by atoms with Gasteiger partial charge in [0.05, 0.1) is 0 Å². The summed E-state index contributed by atoms with van der Waals surface area (Å²) in [5.74, 6) is -0.762. The second-order valence-corrected chi connectivity index (χ2v) is 3.15. The summed E-state index contributed by atoms with van der Waals surface area (Å²) in [5, 5.41) is 8.66. The second-order valence-electron chi connectivity index (χ2n) is 3.15. The van der Waals surface area contributed by atoms with Crippen LogP contribution in [0.2, 0.25) is 0 Å². The van der Waals surface area contributed by atoms with Crippen molar-refractivity contribution >= 4 is 5.97 Å². The fourth-order valence-corrected chi connectivity index (χ4v) is 1.29. The first-order valence-corrected chi connectivity index (χ1v) is 3.45. The fraction of sp³-hybridized carbons (Fsp3) is 0.571. The largest absolute Gasteiger partial charge is 1.00 e. The first-order chi connectivity index (χ1) is 4.64. The minimum atomic E-state index is -0.762. The highest BCUT2D eigenvalue weighted by Gasteiger charge is 2.59. The minimum Gasteiger partial charge on any atom is -1.00 e. The lowest BCUT2D eigenvalue weighted by atomic mass is 10.2. The molecule has 4 N–H and O–H groups in total. The Balaban J connectivity index is 0.000000605. The van der Waals surface area contributed by atoms with E-state index in [4.69, 9.17) is 5.11 Å². The van der Waals surface area contributed by atoms with Crippen LogP contribution in [0.4, 0.5) is 0 Å². The Hall–Kier alpha value is -0.540. The smallest absolute Gasteiger partial charge is 0.370 e. The molecule has 4 heteroatoms. The first-order valence-electron chi connectivity index (χ1n) is 3.45. The highest BCUT2D eigenvalue weighted by atomic mass is 35.5. The lowest BCUT2D eigenvalue weighted by Crippen LogP contribution is -3.00. The summed E-state index contributed by atoms with van der Waals surface area (Å²) in [6, 6.07) is 0. The lowest BCUT2D eigenvalue weighted by Gasteiger charge is -1.92. The van der Waals surface area contributed by atoms with Crippen LogP contribution in [0, 0.1) is 0 Å². The SMILES string of the molecule is [Cl-].[NH3+]C1(C(=O)O)CC1=C1CC1. The predicted molar refractivity (Wildman–Crippen MR) is 34.1 cm³/mol. The van der Waals surface area contributed by atoms with Crippen LogP contribution in [0.5, 0.6) is 0 Å². The number of carbonyl (C=O) groups is 1. The summed E-state index contributed by atoms with van der Waals surface area (Å²) in [6.45, 7) is 0. The molecular weight excluding hydrogens is 166 g/mol.